The van der Waals surface area contributed by atoms with Crippen molar-refractivity contribution in [3.63, 3.8) is 0 Å². The summed E-state index contributed by atoms with van der Waals surface area (Å²) in [6.45, 7) is 4.45. The molecule has 1 aromatic carbocycles. The molecule has 8 nitrogen and oxygen atoms in total. The number of anilines is 4. The molecule has 0 unspecified atom stereocenters. The number of fused-ring (bicyclic) bond motifs is 1. The van der Waals surface area contributed by atoms with Gasteiger partial charge in [0.05, 0.1) is 6.61 Å². The third-order valence-corrected chi connectivity index (χ3v) is 4.66. The van der Waals surface area contributed by atoms with E-state index in [4.69, 9.17) is 10.1 Å². The van der Waals surface area contributed by atoms with Gasteiger partial charge >= 0.3 is 0 Å². The molecule has 142 valence electrons. The van der Waals surface area contributed by atoms with E-state index in [9.17, 15) is 0 Å². The van der Waals surface area contributed by atoms with Gasteiger partial charge < -0.3 is 25.6 Å². The standard InChI is InChI=1S/C19H25N7O/c1-13-6-5-7-14(12-13)21-19-22-15-16(24-19)23-18(20-8-11-27)25-17(15)26-9-3-2-4-10-26/h5-7,12,27H,2-4,8-11H2,1H3,(H3,20,21,22,23,24,25). The maximum Gasteiger partial charge on any atom is 0.226 e. The maximum atomic E-state index is 9.09. The molecule has 0 saturated carbocycles. The lowest BCUT2D eigenvalue weighted by Crippen LogP contribution is -2.30. The molecular weight excluding hydrogens is 342 g/mol. The number of aromatic nitrogens is 4. The summed E-state index contributed by atoms with van der Waals surface area (Å²) in [5.74, 6) is 2.00. The number of H-pyrrole nitrogens is 1. The molecule has 3 heterocycles. The average Bonchev–Trinajstić information content (AvgIpc) is 3.08. The van der Waals surface area contributed by atoms with Crippen LogP contribution in [0, 0.1) is 6.92 Å². The fraction of sp³-hybridized carbons (Fsp3) is 0.421. The number of aliphatic hydroxyl groups excluding tert-OH is 1. The Kier molecular flexibility index (Phi) is 5.06. The summed E-state index contributed by atoms with van der Waals surface area (Å²) in [5, 5.41) is 15.5. The molecular formula is C19H25N7O. The molecule has 2 aromatic heterocycles. The van der Waals surface area contributed by atoms with Gasteiger partial charge in [-0.25, -0.2) is 0 Å². The minimum Gasteiger partial charge on any atom is -0.395 e. The second-order valence-electron chi connectivity index (χ2n) is 6.85. The molecule has 4 N–H and O–H groups in total. The smallest absolute Gasteiger partial charge is 0.226 e. The summed E-state index contributed by atoms with van der Waals surface area (Å²) in [6.07, 6.45) is 3.57. The number of hydrogen-bond acceptors (Lipinski definition) is 7. The van der Waals surface area contributed by atoms with Gasteiger partial charge in [0.2, 0.25) is 11.9 Å². The Hall–Kier alpha value is -2.87. The highest BCUT2D eigenvalue weighted by Crippen LogP contribution is 2.28. The molecule has 0 atom stereocenters. The van der Waals surface area contributed by atoms with Gasteiger partial charge in [-0.05, 0) is 43.9 Å². The summed E-state index contributed by atoms with van der Waals surface area (Å²) in [7, 11) is 0. The molecule has 0 aliphatic carbocycles. The number of nitrogens with zero attached hydrogens (tertiary/aromatic N) is 4. The van der Waals surface area contributed by atoms with Crippen LogP contribution in [0.1, 0.15) is 24.8 Å². The van der Waals surface area contributed by atoms with Crippen LogP contribution in [-0.2, 0) is 0 Å². The SMILES string of the molecule is Cc1cccc(Nc2nc3nc(NCCO)nc(N4CCCCC4)c3[nH]2)c1. The van der Waals surface area contributed by atoms with E-state index in [1.54, 1.807) is 0 Å². The minimum atomic E-state index is 0.0289. The number of imidazole rings is 1. The van der Waals surface area contributed by atoms with E-state index in [-0.39, 0.29) is 6.61 Å². The van der Waals surface area contributed by atoms with Crippen LogP contribution >= 0.6 is 0 Å². The number of benzene rings is 1. The van der Waals surface area contributed by atoms with Crippen LogP contribution in [0.2, 0.25) is 0 Å². The van der Waals surface area contributed by atoms with Gasteiger partial charge in [-0.1, -0.05) is 12.1 Å². The van der Waals surface area contributed by atoms with Crippen molar-refractivity contribution in [2.75, 3.05) is 41.8 Å². The fourth-order valence-corrected chi connectivity index (χ4v) is 3.38. The van der Waals surface area contributed by atoms with E-state index < -0.39 is 0 Å². The lowest BCUT2D eigenvalue weighted by Gasteiger charge is -2.28. The first-order valence-electron chi connectivity index (χ1n) is 9.44. The number of rotatable bonds is 6. The molecule has 0 spiro atoms. The maximum absolute atomic E-state index is 9.09. The van der Waals surface area contributed by atoms with Crippen molar-refractivity contribution in [3.05, 3.63) is 29.8 Å². The van der Waals surface area contributed by atoms with Crippen molar-refractivity contribution >= 4 is 34.6 Å². The zero-order valence-corrected chi connectivity index (χ0v) is 15.5. The summed E-state index contributed by atoms with van der Waals surface area (Å²) in [5.41, 5.74) is 3.60. The molecule has 3 aromatic rings. The predicted molar refractivity (Wildman–Crippen MR) is 108 cm³/mol. The molecule has 27 heavy (non-hydrogen) atoms. The molecule has 1 aliphatic rings. The Balaban J connectivity index is 1.70. The Morgan fingerprint density at radius 3 is 2.78 bits per heavy atom. The summed E-state index contributed by atoms with van der Waals surface area (Å²) < 4.78 is 0. The molecule has 8 heteroatoms. The number of piperidine rings is 1. The lowest BCUT2D eigenvalue weighted by molar-refractivity contribution is 0.311. The zero-order valence-electron chi connectivity index (χ0n) is 15.5. The molecule has 1 aliphatic heterocycles. The van der Waals surface area contributed by atoms with Crippen LogP contribution in [0.3, 0.4) is 0 Å². The third kappa shape index (κ3) is 3.95. The van der Waals surface area contributed by atoms with Gasteiger partial charge in [-0.3, -0.25) is 0 Å². The first-order valence-corrected chi connectivity index (χ1v) is 9.44. The highest BCUT2D eigenvalue weighted by molar-refractivity contribution is 5.87. The number of nitrogens with one attached hydrogen (secondary N) is 3. The Labute approximate surface area is 158 Å². The van der Waals surface area contributed by atoms with E-state index in [1.165, 1.54) is 12.0 Å². The summed E-state index contributed by atoms with van der Waals surface area (Å²) in [6, 6.07) is 8.14. The Morgan fingerprint density at radius 1 is 1.15 bits per heavy atom. The average molecular weight is 367 g/mol. The van der Waals surface area contributed by atoms with Gasteiger partial charge in [0.25, 0.3) is 0 Å². The number of aromatic amines is 1. The van der Waals surface area contributed by atoms with E-state index in [2.05, 4.69) is 49.5 Å². The van der Waals surface area contributed by atoms with Crippen LogP contribution < -0.4 is 15.5 Å². The van der Waals surface area contributed by atoms with E-state index in [0.29, 0.717) is 24.1 Å². The van der Waals surface area contributed by atoms with Gasteiger partial charge in [0.15, 0.2) is 11.5 Å². The van der Waals surface area contributed by atoms with Gasteiger partial charge in [0, 0.05) is 25.3 Å². The van der Waals surface area contributed by atoms with Crippen LogP contribution in [0.4, 0.5) is 23.4 Å². The van der Waals surface area contributed by atoms with Crippen LogP contribution in [0.25, 0.3) is 11.2 Å². The minimum absolute atomic E-state index is 0.0289. The van der Waals surface area contributed by atoms with Crippen molar-refractivity contribution in [1.82, 2.24) is 19.9 Å². The summed E-state index contributed by atoms with van der Waals surface area (Å²) in [4.78, 5) is 19.4. The Morgan fingerprint density at radius 2 is 2.00 bits per heavy atom. The van der Waals surface area contributed by atoms with Crippen LogP contribution in [0.15, 0.2) is 24.3 Å². The van der Waals surface area contributed by atoms with Crippen molar-refractivity contribution < 1.29 is 5.11 Å². The number of aliphatic hydroxyl groups is 1. The van der Waals surface area contributed by atoms with Gasteiger partial charge in [-0.2, -0.15) is 15.0 Å². The molecule has 0 amide bonds. The zero-order chi connectivity index (χ0) is 18.6. The van der Waals surface area contributed by atoms with E-state index in [0.717, 1.165) is 43.0 Å². The highest BCUT2D eigenvalue weighted by atomic mass is 16.3. The topological polar surface area (TPSA) is 102 Å². The molecule has 4 rings (SSSR count). The van der Waals surface area contributed by atoms with Crippen molar-refractivity contribution in [2.24, 2.45) is 0 Å². The molecule has 0 radical (unpaired) electrons. The monoisotopic (exact) mass is 367 g/mol. The highest BCUT2D eigenvalue weighted by Gasteiger charge is 2.20. The largest absolute Gasteiger partial charge is 0.395 e. The van der Waals surface area contributed by atoms with Crippen molar-refractivity contribution in [2.45, 2.75) is 26.2 Å². The molecule has 1 fully saturated rings. The van der Waals surface area contributed by atoms with E-state index >= 15 is 0 Å². The summed E-state index contributed by atoms with van der Waals surface area (Å²) >= 11 is 0. The first-order chi connectivity index (χ1) is 13.2. The third-order valence-electron chi connectivity index (χ3n) is 4.66. The fourth-order valence-electron chi connectivity index (χ4n) is 3.38. The van der Waals surface area contributed by atoms with Crippen molar-refractivity contribution in [3.8, 4) is 0 Å². The van der Waals surface area contributed by atoms with Crippen LogP contribution in [-0.4, -0.2) is 51.3 Å². The molecule has 1 saturated heterocycles. The second-order valence-corrected chi connectivity index (χ2v) is 6.85. The van der Waals surface area contributed by atoms with E-state index in [1.807, 2.05) is 12.1 Å². The van der Waals surface area contributed by atoms with Gasteiger partial charge in [0.1, 0.15) is 5.52 Å². The molecule has 0 bridgehead atoms. The normalized spacial score (nSPS) is 14.5. The quantitative estimate of drug-likeness (QED) is 0.531. The first kappa shape index (κ1) is 17.5. The lowest BCUT2D eigenvalue weighted by atomic mass is 10.1. The van der Waals surface area contributed by atoms with Gasteiger partial charge in [-0.15, -0.1) is 0 Å². The number of aryl methyl sites for hydroxylation is 1. The predicted octanol–water partition coefficient (Wildman–Crippen LogP) is 2.80. The second kappa shape index (κ2) is 7.79. The van der Waals surface area contributed by atoms with Crippen molar-refractivity contribution in [1.29, 1.82) is 0 Å². The van der Waals surface area contributed by atoms with Crippen LogP contribution in [0.5, 0.6) is 0 Å². The number of hydrogen-bond donors (Lipinski definition) is 4. The Bertz CT molecular complexity index is 918.